The van der Waals surface area contributed by atoms with Gasteiger partial charge in [0.1, 0.15) is 12.3 Å². The second-order valence-electron chi connectivity index (χ2n) is 7.30. The lowest BCUT2D eigenvalue weighted by atomic mass is 10.0. The Kier molecular flexibility index (Phi) is 7.38. The van der Waals surface area contributed by atoms with Crippen LogP contribution in [0.2, 0.25) is 0 Å². The molecule has 1 heterocycles. The number of hydrogen-bond acceptors (Lipinski definition) is 4. The fourth-order valence-corrected chi connectivity index (χ4v) is 3.16. The first-order valence-corrected chi connectivity index (χ1v) is 10.1. The summed E-state index contributed by atoms with van der Waals surface area (Å²) in [5, 5.41) is 17.6. The summed E-state index contributed by atoms with van der Waals surface area (Å²) in [4.78, 5) is 15.9. The molecule has 0 spiro atoms. The van der Waals surface area contributed by atoms with E-state index in [1.165, 1.54) is 5.56 Å². The molecule has 3 aromatic rings. The van der Waals surface area contributed by atoms with E-state index < -0.39 is 5.97 Å². The largest absolute Gasteiger partial charge is 0.481 e. The summed E-state index contributed by atoms with van der Waals surface area (Å²) in [6.07, 6.45) is 6.08. The highest BCUT2D eigenvalue weighted by molar-refractivity contribution is 5.89. The van der Waals surface area contributed by atoms with Crippen molar-refractivity contribution >= 4 is 12.2 Å². The summed E-state index contributed by atoms with van der Waals surface area (Å²) in [6.45, 7) is 4.60. The molecular weight excluding hydrogens is 378 g/mol. The Bertz CT molecular complexity index is 1010. The number of nitrogens with zero attached hydrogens (tertiary/aromatic N) is 3. The quantitative estimate of drug-likeness (QED) is 0.287. The van der Waals surface area contributed by atoms with Crippen molar-refractivity contribution in [2.75, 3.05) is 6.61 Å². The highest BCUT2D eigenvalue weighted by Crippen LogP contribution is 2.27. The Morgan fingerprint density at radius 1 is 1.13 bits per heavy atom. The minimum absolute atomic E-state index is 0.196. The SMILES string of the molecule is Cc1ccc(C)c(-c2nn(-c3ccccc3)cc2C=NOCCCCCC(=O)O)c1. The molecule has 0 aliphatic heterocycles. The van der Waals surface area contributed by atoms with Crippen molar-refractivity contribution in [2.45, 2.75) is 39.5 Å². The summed E-state index contributed by atoms with van der Waals surface area (Å²) in [6, 6.07) is 16.3. The van der Waals surface area contributed by atoms with E-state index in [1.54, 1.807) is 6.21 Å². The fourth-order valence-electron chi connectivity index (χ4n) is 3.16. The minimum atomic E-state index is -0.761. The monoisotopic (exact) mass is 405 g/mol. The zero-order valence-corrected chi connectivity index (χ0v) is 17.4. The molecule has 30 heavy (non-hydrogen) atoms. The molecule has 1 aromatic heterocycles. The van der Waals surface area contributed by atoms with Crippen LogP contribution >= 0.6 is 0 Å². The average molecular weight is 405 g/mol. The zero-order valence-electron chi connectivity index (χ0n) is 17.4. The molecule has 0 saturated heterocycles. The highest BCUT2D eigenvalue weighted by atomic mass is 16.6. The number of carbonyl (C=O) groups is 1. The third kappa shape index (κ3) is 5.80. The number of oxime groups is 1. The molecule has 156 valence electrons. The van der Waals surface area contributed by atoms with Gasteiger partial charge in [-0.3, -0.25) is 4.79 Å². The first-order valence-electron chi connectivity index (χ1n) is 10.1. The summed E-state index contributed by atoms with van der Waals surface area (Å²) in [5.74, 6) is -0.761. The van der Waals surface area contributed by atoms with E-state index in [9.17, 15) is 4.79 Å². The number of aliphatic carboxylic acids is 1. The smallest absolute Gasteiger partial charge is 0.303 e. The van der Waals surface area contributed by atoms with Crippen LogP contribution < -0.4 is 0 Å². The molecule has 0 amide bonds. The van der Waals surface area contributed by atoms with Crippen LogP contribution in [-0.4, -0.2) is 33.7 Å². The van der Waals surface area contributed by atoms with Crippen molar-refractivity contribution in [1.29, 1.82) is 0 Å². The van der Waals surface area contributed by atoms with Crippen LogP contribution in [0.3, 0.4) is 0 Å². The molecule has 0 saturated carbocycles. The maximum Gasteiger partial charge on any atom is 0.303 e. The molecule has 0 atom stereocenters. The van der Waals surface area contributed by atoms with Gasteiger partial charge in [0.15, 0.2) is 0 Å². The van der Waals surface area contributed by atoms with Gasteiger partial charge in [0.2, 0.25) is 0 Å². The molecule has 0 aliphatic rings. The molecule has 3 rings (SSSR count). The lowest BCUT2D eigenvalue weighted by molar-refractivity contribution is -0.137. The van der Waals surface area contributed by atoms with Crippen molar-refractivity contribution in [1.82, 2.24) is 9.78 Å². The molecule has 0 bridgehead atoms. The van der Waals surface area contributed by atoms with Gasteiger partial charge in [-0.05, 0) is 56.9 Å². The zero-order chi connectivity index (χ0) is 21.3. The van der Waals surface area contributed by atoms with Gasteiger partial charge in [0, 0.05) is 23.7 Å². The van der Waals surface area contributed by atoms with E-state index in [2.05, 4.69) is 37.2 Å². The van der Waals surface area contributed by atoms with Gasteiger partial charge < -0.3 is 9.94 Å². The topological polar surface area (TPSA) is 76.7 Å². The van der Waals surface area contributed by atoms with Crippen LogP contribution in [0.4, 0.5) is 0 Å². The number of unbranched alkanes of at least 4 members (excludes halogenated alkanes) is 2. The first kappa shape index (κ1) is 21.3. The van der Waals surface area contributed by atoms with Gasteiger partial charge in [-0.25, -0.2) is 4.68 Å². The molecule has 0 radical (unpaired) electrons. The second kappa shape index (κ2) is 10.4. The van der Waals surface area contributed by atoms with Crippen LogP contribution in [0.15, 0.2) is 59.9 Å². The van der Waals surface area contributed by atoms with E-state index in [-0.39, 0.29) is 6.42 Å². The van der Waals surface area contributed by atoms with Gasteiger partial charge in [-0.15, -0.1) is 0 Å². The van der Waals surface area contributed by atoms with E-state index >= 15 is 0 Å². The maximum atomic E-state index is 10.5. The van der Waals surface area contributed by atoms with Crippen LogP contribution in [-0.2, 0) is 9.63 Å². The van der Waals surface area contributed by atoms with E-state index in [4.69, 9.17) is 15.0 Å². The Hall–Kier alpha value is -3.41. The summed E-state index contributed by atoms with van der Waals surface area (Å²) >= 11 is 0. The maximum absolute atomic E-state index is 10.5. The van der Waals surface area contributed by atoms with Crippen LogP contribution in [0.5, 0.6) is 0 Å². The molecule has 6 heteroatoms. The van der Waals surface area contributed by atoms with E-state index in [1.807, 2.05) is 41.2 Å². The Balaban J connectivity index is 1.76. The number of para-hydroxylation sites is 1. The lowest BCUT2D eigenvalue weighted by Crippen LogP contribution is -1.95. The Morgan fingerprint density at radius 2 is 1.93 bits per heavy atom. The van der Waals surface area contributed by atoms with Gasteiger partial charge in [-0.2, -0.15) is 5.10 Å². The van der Waals surface area contributed by atoms with Crippen molar-refractivity contribution in [2.24, 2.45) is 5.16 Å². The molecular formula is C24H27N3O3. The second-order valence-corrected chi connectivity index (χ2v) is 7.30. The van der Waals surface area contributed by atoms with Crippen molar-refractivity contribution < 1.29 is 14.7 Å². The number of rotatable bonds is 10. The van der Waals surface area contributed by atoms with Gasteiger partial charge in [0.05, 0.1) is 11.9 Å². The molecule has 6 nitrogen and oxygen atoms in total. The normalized spacial score (nSPS) is 11.1. The Morgan fingerprint density at radius 3 is 2.70 bits per heavy atom. The van der Waals surface area contributed by atoms with E-state index in [0.29, 0.717) is 13.0 Å². The van der Waals surface area contributed by atoms with Gasteiger partial charge in [0.25, 0.3) is 0 Å². The van der Waals surface area contributed by atoms with Crippen molar-refractivity contribution in [3.63, 3.8) is 0 Å². The number of carboxylic acid groups (broad SMARTS) is 1. The predicted octanol–water partition coefficient (Wildman–Crippen LogP) is 5.15. The van der Waals surface area contributed by atoms with Crippen LogP contribution in [0, 0.1) is 13.8 Å². The number of carboxylic acids is 1. The molecule has 0 aliphatic carbocycles. The molecule has 2 aromatic carbocycles. The van der Waals surface area contributed by atoms with Crippen LogP contribution in [0.1, 0.15) is 42.4 Å². The molecule has 0 fully saturated rings. The van der Waals surface area contributed by atoms with Crippen molar-refractivity contribution in [3.8, 4) is 16.9 Å². The summed E-state index contributed by atoms with van der Waals surface area (Å²) < 4.78 is 1.85. The third-order valence-corrected chi connectivity index (χ3v) is 4.80. The molecule has 0 unspecified atom stereocenters. The van der Waals surface area contributed by atoms with Crippen molar-refractivity contribution in [3.05, 3.63) is 71.4 Å². The van der Waals surface area contributed by atoms with Crippen LogP contribution in [0.25, 0.3) is 16.9 Å². The summed E-state index contributed by atoms with van der Waals surface area (Å²) in [7, 11) is 0. The number of hydrogen-bond donors (Lipinski definition) is 1. The number of benzene rings is 2. The fraction of sp³-hybridized carbons (Fsp3) is 0.292. The standard InChI is InChI=1S/C24H27N3O3/c1-18-12-13-19(2)22(15-18)24-20(16-25-30-14-8-4-7-11-23(28)29)17-27(26-24)21-9-5-3-6-10-21/h3,5-6,9-10,12-13,15-17H,4,7-8,11,14H2,1-2H3,(H,28,29). The third-order valence-electron chi connectivity index (χ3n) is 4.80. The lowest BCUT2D eigenvalue weighted by Gasteiger charge is -2.05. The van der Waals surface area contributed by atoms with Gasteiger partial charge >= 0.3 is 5.97 Å². The van der Waals surface area contributed by atoms with Gasteiger partial charge in [-0.1, -0.05) is 41.1 Å². The average Bonchev–Trinajstić information content (AvgIpc) is 3.16. The first-order chi connectivity index (χ1) is 14.5. The highest BCUT2D eigenvalue weighted by Gasteiger charge is 2.13. The van der Waals surface area contributed by atoms with E-state index in [0.717, 1.165) is 40.9 Å². The minimum Gasteiger partial charge on any atom is -0.481 e. The predicted molar refractivity (Wildman–Crippen MR) is 118 cm³/mol. The summed E-state index contributed by atoms with van der Waals surface area (Å²) in [5.41, 5.74) is 6.09. The number of aromatic nitrogens is 2. The number of aryl methyl sites for hydroxylation is 2. The molecule has 1 N–H and O–H groups in total. The Labute approximate surface area is 176 Å².